The average molecular weight is 479 g/mol. The number of aromatic nitrogens is 6. The van der Waals surface area contributed by atoms with E-state index in [1.165, 1.54) is 10.8 Å². The summed E-state index contributed by atoms with van der Waals surface area (Å²) in [5, 5.41) is 17.8. The zero-order chi connectivity index (χ0) is 25.4. The molecule has 0 fully saturated rings. The van der Waals surface area contributed by atoms with Gasteiger partial charge in [0.05, 0.1) is 35.6 Å². The summed E-state index contributed by atoms with van der Waals surface area (Å²) in [5.41, 5.74) is 3.43. The van der Waals surface area contributed by atoms with Crippen LogP contribution in [0.1, 0.15) is 22.3 Å². The number of nitriles is 1. The maximum Gasteiger partial charge on any atom is 0.359 e. The van der Waals surface area contributed by atoms with Crippen LogP contribution in [0.15, 0.2) is 70.6 Å². The lowest BCUT2D eigenvalue weighted by Gasteiger charge is -2.17. The zero-order valence-electron chi connectivity index (χ0n) is 19.9. The number of pyridine rings is 1. The van der Waals surface area contributed by atoms with Crippen molar-refractivity contribution in [2.24, 2.45) is 7.05 Å². The molecule has 0 aliphatic heterocycles. The number of hydrogen-bond acceptors (Lipinski definition) is 7. The number of anilines is 2. The van der Waals surface area contributed by atoms with Crippen LogP contribution < -0.4 is 16.7 Å². The molecular weight excluding hydrogens is 456 g/mol. The molecule has 2 aromatic carbocycles. The number of hydrogen-bond donors (Lipinski definition) is 1. The molecule has 36 heavy (non-hydrogen) atoms. The van der Waals surface area contributed by atoms with E-state index >= 15 is 0 Å². The Kier molecular flexibility index (Phi) is 5.66. The number of benzene rings is 2. The van der Waals surface area contributed by atoms with E-state index in [4.69, 9.17) is 0 Å². The van der Waals surface area contributed by atoms with Crippen LogP contribution in [0.3, 0.4) is 0 Å². The summed E-state index contributed by atoms with van der Waals surface area (Å²) in [6.07, 6.45) is 4.97. The topological polar surface area (TPSA) is 123 Å². The number of fused-ring (bicyclic) bond motifs is 1. The monoisotopic (exact) mass is 478 g/mol. The zero-order valence-corrected chi connectivity index (χ0v) is 19.9. The molecule has 0 radical (unpaired) electrons. The van der Waals surface area contributed by atoms with E-state index in [1.54, 1.807) is 29.1 Å². The lowest BCUT2D eigenvalue weighted by molar-refractivity contribution is 0.655. The SMILES string of the molecule is Cc1cncc(-n2c(=O)nc(Nc3ccc4nn(C)cc4c3)n(Cc3cc(C#N)ccc3C)c2=O)c1. The van der Waals surface area contributed by atoms with Crippen LogP contribution in [0.2, 0.25) is 0 Å². The lowest BCUT2D eigenvalue weighted by Crippen LogP contribution is -2.41. The third-order valence-electron chi connectivity index (χ3n) is 5.87. The third-order valence-corrected chi connectivity index (χ3v) is 5.87. The fourth-order valence-electron chi connectivity index (χ4n) is 4.05. The molecule has 0 unspecified atom stereocenters. The van der Waals surface area contributed by atoms with Crippen LogP contribution in [-0.4, -0.2) is 28.9 Å². The Morgan fingerprint density at radius 1 is 1.06 bits per heavy atom. The quantitative estimate of drug-likeness (QED) is 0.412. The van der Waals surface area contributed by atoms with Gasteiger partial charge < -0.3 is 5.32 Å². The summed E-state index contributed by atoms with van der Waals surface area (Å²) in [6.45, 7) is 3.83. The molecule has 0 amide bonds. The highest BCUT2D eigenvalue weighted by molar-refractivity contribution is 5.82. The van der Waals surface area contributed by atoms with Crippen LogP contribution in [0.25, 0.3) is 16.6 Å². The van der Waals surface area contributed by atoms with Crippen molar-refractivity contribution in [1.29, 1.82) is 5.26 Å². The summed E-state index contributed by atoms with van der Waals surface area (Å²) in [6, 6.07) is 14.6. The molecule has 10 heteroatoms. The Hall–Kier alpha value is -5.04. The number of nitrogens with zero attached hydrogens (tertiary/aromatic N) is 7. The minimum Gasteiger partial charge on any atom is -0.325 e. The Labute approximate surface area is 205 Å². The van der Waals surface area contributed by atoms with Crippen LogP contribution >= 0.6 is 0 Å². The molecule has 178 valence electrons. The highest BCUT2D eigenvalue weighted by atomic mass is 16.2. The Bertz CT molecular complexity index is 1790. The first-order valence-electron chi connectivity index (χ1n) is 11.2. The van der Waals surface area contributed by atoms with Gasteiger partial charge in [-0.25, -0.2) is 14.2 Å². The standard InChI is InChI=1S/C26H22N8O2/c1-16-8-22(13-28-12-16)34-25(35)30-24(29-21-6-7-23-20(10-21)14-32(3)31-23)33(26(34)36)15-19-9-18(11-27)5-4-17(19)2/h4-10,12-14H,15H2,1-3H3,(H,29,30,35). The van der Waals surface area contributed by atoms with Crippen LogP contribution in [0.4, 0.5) is 11.6 Å². The minimum atomic E-state index is -0.726. The van der Waals surface area contributed by atoms with Crippen molar-refractivity contribution in [1.82, 2.24) is 28.9 Å². The molecule has 1 N–H and O–H groups in total. The Morgan fingerprint density at radius 2 is 1.89 bits per heavy atom. The highest BCUT2D eigenvalue weighted by Crippen LogP contribution is 2.21. The van der Waals surface area contributed by atoms with Crippen molar-refractivity contribution < 1.29 is 0 Å². The minimum absolute atomic E-state index is 0.0897. The summed E-state index contributed by atoms with van der Waals surface area (Å²) in [7, 11) is 1.84. The Balaban J connectivity index is 1.68. The van der Waals surface area contributed by atoms with E-state index < -0.39 is 11.4 Å². The first-order chi connectivity index (χ1) is 17.3. The largest absolute Gasteiger partial charge is 0.359 e. The molecule has 5 rings (SSSR count). The molecule has 5 aromatic rings. The molecule has 0 atom stereocenters. The lowest BCUT2D eigenvalue weighted by atomic mass is 10.1. The molecule has 0 spiro atoms. The van der Waals surface area contributed by atoms with Crippen molar-refractivity contribution in [3.63, 3.8) is 0 Å². The van der Waals surface area contributed by atoms with Gasteiger partial charge in [-0.3, -0.25) is 14.2 Å². The predicted molar refractivity (Wildman–Crippen MR) is 136 cm³/mol. The molecule has 3 aromatic heterocycles. The highest BCUT2D eigenvalue weighted by Gasteiger charge is 2.17. The van der Waals surface area contributed by atoms with Gasteiger partial charge in [0.1, 0.15) is 0 Å². The molecular formula is C26H22N8O2. The molecule has 0 aliphatic rings. The van der Waals surface area contributed by atoms with Crippen molar-refractivity contribution in [3.05, 3.63) is 104 Å². The number of aryl methyl sites for hydroxylation is 3. The predicted octanol–water partition coefficient (Wildman–Crippen LogP) is 2.96. The smallest absolute Gasteiger partial charge is 0.325 e. The summed E-state index contributed by atoms with van der Waals surface area (Å²) < 4.78 is 4.10. The van der Waals surface area contributed by atoms with E-state index in [2.05, 4.69) is 26.5 Å². The van der Waals surface area contributed by atoms with E-state index in [1.807, 2.05) is 51.4 Å². The maximum absolute atomic E-state index is 13.7. The molecule has 10 nitrogen and oxygen atoms in total. The average Bonchev–Trinajstić information content (AvgIpc) is 3.22. The second-order valence-corrected chi connectivity index (χ2v) is 8.60. The summed E-state index contributed by atoms with van der Waals surface area (Å²) in [4.78, 5) is 35.2. The number of nitrogens with one attached hydrogen (secondary N) is 1. The summed E-state index contributed by atoms with van der Waals surface area (Å²) in [5.74, 6) is 0.0897. The molecule has 3 heterocycles. The van der Waals surface area contributed by atoms with Crippen LogP contribution in [0.5, 0.6) is 0 Å². The van der Waals surface area contributed by atoms with Gasteiger partial charge in [-0.1, -0.05) is 6.07 Å². The summed E-state index contributed by atoms with van der Waals surface area (Å²) >= 11 is 0. The van der Waals surface area contributed by atoms with Gasteiger partial charge in [0, 0.05) is 30.5 Å². The first kappa shape index (κ1) is 22.7. The molecule has 0 bridgehead atoms. The van der Waals surface area contributed by atoms with E-state index in [9.17, 15) is 14.9 Å². The van der Waals surface area contributed by atoms with Gasteiger partial charge in [-0.05, 0) is 66.9 Å². The van der Waals surface area contributed by atoms with Gasteiger partial charge in [-0.15, -0.1) is 0 Å². The van der Waals surface area contributed by atoms with Crippen molar-refractivity contribution in [2.75, 3.05) is 5.32 Å². The third kappa shape index (κ3) is 4.25. The van der Waals surface area contributed by atoms with Crippen molar-refractivity contribution in [3.8, 4) is 11.8 Å². The van der Waals surface area contributed by atoms with Gasteiger partial charge >= 0.3 is 11.4 Å². The van der Waals surface area contributed by atoms with Gasteiger partial charge in [0.25, 0.3) is 0 Å². The molecule has 0 saturated carbocycles. The second-order valence-electron chi connectivity index (χ2n) is 8.60. The van der Waals surface area contributed by atoms with Crippen molar-refractivity contribution >= 4 is 22.5 Å². The van der Waals surface area contributed by atoms with Crippen LogP contribution in [-0.2, 0) is 13.6 Å². The maximum atomic E-state index is 13.7. The van der Waals surface area contributed by atoms with Gasteiger partial charge in [-0.2, -0.15) is 15.3 Å². The normalized spacial score (nSPS) is 10.9. The van der Waals surface area contributed by atoms with Crippen LogP contribution in [0, 0.1) is 25.2 Å². The number of rotatable bonds is 5. The van der Waals surface area contributed by atoms with E-state index in [0.29, 0.717) is 16.9 Å². The van der Waals surface area contributed by atoms with Gasteiger partial charge in [0.15, 0.2) is 0 Å². The molecule has 0 aliphatic carbocycles. The van der Waals surface area contributed by atoms with E-state index in [-0.39, 0.29) is 12.5 Å². The second kappa shape index (κ2) is 8.96. The first-order valence-corrected chi connectivity index (χ1v) is 11.2. The molecule has 0 saturated heterocycles. The van der Waals surface area contributed by atoms with Gasteiger partial charge in [0.2, 0.25) is 5.95 Å². The Morgan fingerprint density at radius 3 is 2.67 bits per heavy atom. The fourth-order valence-corrected chi connectivity index (χ4v) is 4.05. The van der Waals surface area contributed by atoms with Crippen molar-refractivity contribution in [2.45, 2.75) is 20.4 Å². The van der Waals surface area contributed by atoms with E-state index in [0.717, 1.165) is 32.2 Å². The fraction of sp³-hybridized carbons (Fsp3) is 0.154.